The lowest BCUT2D eigenvalue weighted by atomic mass is 9.98. The molecule has 0 saturated heterocycles. The molecule has 0 aromatic heterocycles. The van der Waals surface area contributed by atoms with Crippen LogP contribution in [0, 0.1) is 0 Å². The molecule has 4 heteroatoms. The van der Waals surface area contributed by atoms with Gasteiger partial charge in [-0.3, -0.25) is 0 Å². The zero-order chi connectivity index (χ0) is 14.3. The maximum Gasteiger partial charge on any atom is 0.123 e. The van der Waals surface area contributed by atoms with Crippen molar-refractivity contribution in [2.24, 2.45) is 0 Å². The van der Waals surface area contributed by atoms with Crippen LogP contribution in [-0.4, -0.2) is 11.2 Å². The van der Waals surface area contributed by atoms with Crippen LogP contribution < -0.4 is 4.74 Å². The standard InChI is InChI=1S/C16H14Cl2O2/c1-9-7-11-8-10(5-6-14(11)20-9)16(19)12-3-2-4-13(17)15(12)18/h2-6,8-9,16,19H,7H2,1H3. The summed E-state index contributed by atoms with van der Waals surface area (Å²) in [5, 5.41) is 11.4. The van der Waals surface area contributed by atoms with E-state index in [0.29, 0.717) is 15.6 Å². The minimum atomic E-state index is -0.789. The number of halogens is 2. The molecule has 0 bridgehead atoms. The lowest BCUT2D eigenvalue weighted by Gasteiger charge is -2.14. The number of hydrogen-bond donors (Lipinski definition) is 1. The summed E-state index contributed by atoms with van der Waals surface area (Å²) in [7, 11) is 0. The van der Waals surface area contributed by atoms with Crippen LogP contribution in [0.3, 0.4) is 0 Å². The van der Waals surface area contributed by atoms with Crippen molar-refractivity contribution in [3.05, 3.63) is 63.1 Å². The number of ether oxygens (including phenoxy) is 1. The van der Waals surface area contributed by atoms with Crippen LogP contribution in [0.4, 0.5) is 0 Å². The van der Waals surface area contributed by atoms with Crippen molar-refractivity contribution in [1.29, 1.82) is 0 Å². The molecule has 0 fully saturated rings. The summed E-state index contributed by atoms with van der Waals surface area (Å²) in [5.74, 6) is 0.894. The van der Waals surface area contributed by atoms with E-state index >= 15 is 0 Å². The largest absolute Gasteiger partial charge is 0.490 e. The second-order valence-electron chi connectivity index (χ2n) is 5.05. The number of aliphatic hydroxyl groups is 1. The average Bonchev–Trinajstić information content (AvgIpc) is 2.80. The summed E-state index contributed by atoms with van der Waals surface area (Å²) in [6, 6.07) is 11.0. The molecule has 104 valence electrons. The first-order valence-electron chi connectivity index (χ1n) is 6.47. The minimum absolute atomic E-state index is 0.187. The van der Waals surface area contributed by atoms with Crippen LogP contribution in [0.15, 0.2) is 36.4 Å². The average molecular weight is 309 g/mol. The highest BCUT2D eigenvalue weighted by atomic mass is 35.5. The topological polar surface area (TPSA) is 29.5 Å². The van der Waals surface area contributed by atoms with Gasteiger partial charge in [-0.15, -0.1) is 0 Å². The maximum atomic E-state index is 10.5. The monoisotopic (exact) mass is 308 g/mol. The summed E-state index contributed by atoms with van der Waals surface area (Å²) in [6.07, 6.45) is 0.258. The van der Waals surface area contributed by atoms with Crippen molar-refractivity contribution < 1.29 is 9.84 Å². The second-order valence-corrected chi connectivity index (χ2v) is 5.83. The van der Waals surface area contributed by atoms with E-state index in [9.17, 15) is 5.11 Å². The zero-order valence-electron chi connectivity index (χ0n) is 10.9. The Labute approximate surface area is 127 Å². The molecule has 2 nitrogen and oxygen atoms in total. The van der Waals surface area contributed by atoms with E-state index in [4.69, 9.17) is 27.9 Å². The fourth-order valence-electron chi connectivity index (χ4n) is 2.52. The highest BCUT2D eigenvalue weighted by Crippen LogP contribution is 2.36. The summed E-state index contributed by atoms with van der Waals surface area (Å²) < 4.78 is 5.66. The third kappa shape index (κ3) is 2.39. The zero-order valence-corrected chi connectivity index (χ0v) is 12.4. The van der Waals surface area contributed by atoms with Crippen LogP contribution >= 0.6 is 23.2 Å². The van der Waals surface area contributed by atoms with Crippen LogP contribution in [0.1, 0.15) is 29.7 Å². The molecule has 0 amide bonds. The van der Waals surface area contributed by atoms with Gasteiger partial charge in [0.15, 0.2) is 0 Å². The van der Waals surface area contributed by atoms with Crippen LogP contribution in [-0.2, 0) is 6.42 Å². The summed E-state index contributed by atoms with van der Waals surface area (Å²) in [6.45, 7) is 2.03. The van der Waals surface area contributed by atoms with Gasteiger partial charge in [0, 0.05) is 12.0 Å². The maximum absolute atomic E-state index is 10.5. The van der Waals surface area contributed by atoms with E-state index in [0.717, 1.165) is 23.3 Å². The first kappa shape index (κ1) is 13.7. The first-order chi connectivity index (χ1) is 9.56. The summed E-state index contributed by atoms with van der Waals surface area (Å²) in [5.41, 5.74) is 2.53. The van der Waals surface area contributed by atoms with E-state index in [1.54, 1.807) is 18.2 Å². The predicted molar refractivity (Wildman–Crippen MR) is 80.8 cm³/mol. The molecule has 0 radical (unpaired) electrons. The SMILES string of the molecule is CC1Cc2cc(C(O)c3cccc(Cl)c3Cl)ccc2O1. The molecule has 2 unspecified atom stereocenters. The Morgan fingerprint density at radius 3 is 2.85 bits per heavy atom. The molecular formula is C16H14Cl2O2. The number of benzene rings is 2. The fourth-order valence-corrected chi connectivity index (χ4v) is 2.93. The third-order valence-electron chi connectivity index (χ3n) is 3.51. The molecule has 0 aliphatic carbocycles. The normalized spacial score (nSPS) is 18.5. The van der Waals surface area contributed by atoms with Gasteiger partial charge in [-0.1, -0.05) is 41.4 Å². The molecule has 3 rings (SSSR count). The van der Waals surface area contributed by atoms with Gasteiger partial charge in [0.25, 0.3) is 0 Å². The number of rotatable bonds is 2. The Kier molecular flexibility index (Phi) is 3.63. The van der Waals surface area contributed by atoms with E-state index in [1.807, 2.05) is 25.1 Å². The Morgan fingerprint density at radius 1 is 1.25 bits per heavy atom. The molecule has 2 atom stereocenters. The molecular weight excluding hydrogens is 295 g/mol. The van der Waals surface area contributed by atoms with Gasteiger partial charge in [-0.25, -0.2) is 0 Å². The van der Waals surface area contributed by atoms with E-state index in [-0.39, 0.29) is 6.10 Å². The second kappa shape index (κ2) is 5.28. The predicted octanol–water partition coefficient (Wildman–Crippen LogP) is 4.40. The van der Waals surface area contributed by atoms with Crippen molar-refractivity contribution in [1.82, 2.24) is 0 Å². The van der Waals surface area contributed by atoms with Gasteiger partial charge in [0.05, 0.1) is 10.0 Å². The van der Waals surface area contributed by atoms with Crippen molar-refractivity contribution >= 4 is 23.2 Å². The van der Waals surface area contributed by atoms with Gasteiger partial charge >= 0.3 is 0 Å². The molecule has 2 aromatic carbocycles. The number of aliphatic hydroxyl groups excluding tert-OH is 1. The number of fused-ring (bicyclic) bond motifs is 1. The van der Waals surface area contributed by atoms with Gasteiger partial charge in [-0.05, 0) is 36.2 Å². The molecule has 2 aromatic rings. The summed E-state index contributed by atoms with van der Waals surface area (Å²) in [4.78, 5) is 0. The Hall–Kier alpha value is -1.22. The van der Waals surface area contributed by atoms with Gasteiger partial charge < -0.3 is 9.84 Å². The molecule has 1 aliphatic heterocycles. The van der Waals surface area contributed by atoms with Crippen molar-refractivity contribution in [3.63, 3.8) is 0 Å². The molecule has 0 saturated carbocycles. The van der Waals surface area contributed by atoms with Gasteiger partial charge in [0.2, 0.25) is 0 Å². The third-order valence-corrected chi connectivity index (χ3v) is 4.35. The van der Waals surface area contributed by atoms with E-state index in [2.05, 4.69) is 0 Å². The quantitative estimate of drug-likeness (QED) is 0.891. The van der Waals surface area contributed by atoms with Crippen molar-refractivity contribution in [2.45, 2.75) is 25.6 Å². The lowest BCUT2D eigenvalue weighted by molar-refractivity contribution is 0.220. The van der Waals surface area contributed by atoms with Crippen molar-refractivity contribution in [3.8, 4) is 5.75 Å². The summed E-state index contributed by atoms with van der Waals surface area (Å²) >= 11 is 12.2. The minimum Gasteiger partial charge on any atom is -0.490 e. The van der Waals surface area contributed by atoms with Crippen LogP contribution in [0.5, 0.6) is 5.75 Å². The molecule has 1 heterocycles. The lowest BCUT2D eigenvalue weighted by Crippen LogP contribution is -2.05. The first-order valence-corrected chi connectivity index (χ1v) is 7.23. The number of hydrogen-bond acceptors (Lipinski definition) is 2. The highest BCUT2D eigenvalue weighted by molar-refractivity contribution is 6.42. The van der Waals surface area contributed by atoms with Crippen LogP contribution in [0.25, 0.3) is 0 Å². The van der Waals surface area contributed by atoms with Gasteiger partial charge in [0.1, 0.15) is 18.0 Å². The highest BCUT2D eigenvalue weighted by Gasteiger charge is 2.22. The van der Waals surface area contributed by atoms with Crippen molar-refractivity contribution in [2.75, 3.05) is 0 Å². The van der Waals surface area contributed by atoms with Gasteiger partial charge in [-0.2, -0.15) is 0 Å². The molecule has 1 aliphatic rings. The Bertz CT molecular complexity index is 655. The Morgan fingerprint density at radius 2 is 2.05 bits per heavy atom. The molecule has 20 heavy (non-hydrogen) atoms. The van der Waals surface area contributed by atoms with E-state index in [1.165, 1.54) is 0 Å². The molecule has 1 N–H and O–H groups in total. The Balaban J connectivity index is 1.97. The van der Waals surface area contributed by atoms with Crippen LogP contribution in [0.2, 0.25) is 10.0 Å². The van der Waals surface area contributed by atoms with E-state index < -0.39 is 6.10 Å². The fraction of sp³-hybridized carbons (Fsp3) is 0.250. The molecule has 0 spiro atoms. The smallest absolute Gasteiger partial charge is 0.123 e.